The van der Waals surface area contributed by atoms with E-state index in [1.54, 1.807) is 7.11 Å². The summed E-state index contributed by atoms with van der Waals surface area (Å²) >= 11 is -2.23. The van der Waals surface area contributed by atoms with Crippen molar-refractivity contribution in [2.45, 2.75) is 21.4 Å². The molecule has 0 aliphatic heterocycles. The molecular weight excluding hydrogens is 379 g/mol. The number of nitrogens with zero attached hydrogens (tertiary/aromatic N) is 2. The Morgan fingerprint density at radius 1 is 1.00 bits per heavy atom. The monoisotopic (exact) mass is 402 g/mol. The van der Waals surface area contributed by atoms with E-state index >= 15 is 0 Å². The Balaban J connectivity index is 2.03. The topological polar surface area (TPSA) is 27.1 Å². The molecule has 0 saturated heterocycles. The number of fused-ring (bicyclic) bond motifs is 1. The average Bonchev–Trinajstić information content (AvgIpc) is 2.87. The molecule has 4 heteroatoms. The number of ether oxygens (including phenoxy) is 1. The third-order valence-corrected chi connectivity index (χ3v) is 8.97. The minimum absolute atomic E-state index is 0.798. The van der Waals surface area contributed by atoms with Crippen molar-refractivity contribution in [3.05, 3.63) is 54.1 Å². The number of hydrogen-bond acceptors (Lipinski definition) is 2. The molecule has 3 rings (SSSR count). The van der Waals surface area contributed by atoms with Gasteiger partial charge in [0.25, 0.3) is 0 Å². The fraction of sp³-hybridized carbons (Fsp3) is 0.278. The van der Waals surface area contributed by atoms with E-state index in [-0.39, 0.29) is 0 Å². The summed E-state index contributed by atoms with van der Waals surface area (Å²) in [6, 6.07) is 16.8. The molecule has 22 heavy (non-hydrogen) atoms. The zero-order chi connectivity index (χ0) is 15.7. The predicted molar refractivity (Wildman–Crippen MR) is 94.8 cm³/mol. The third-order valence-electron chi connectivity index (χ3n) is 3.86. The van der Waals surface area contributed by atoms with Crippen molar-refractivity contribution in [1.29, 1.82) is 0 Å². The molecule has 0 spiro atoms. The molecule has 114 valence electrons. The number of para-hydroxylation sites is 1. The summed E-state index contributed by atoms with van der Waals surface area (Å²) < 4.78 is 8.73. The van der Waals surface area contributed by atoms with Gasteiger partial charge in [-0.05, 0) is 0 Å². The van der Waals surface area contributed by atoms with Crippen LogP contribution in [0.25, 0.3) is 10.9 Å². The second kappa shape index (κ2) is 5.95. The Hall–Kier alpha value is -1.49. The second-order valence-electron chi connectivity index (χ2n) is 6.62. The number of methoxy groups -OCH3 is 1. The second-order valence-corrected chi connectivity index (χ2v) is 20.8. The van der Waals surface area contributed by atoms with Gasteiger partial charge in [-0.3, -0.25) is 0 Å². The molecular formula is C18H22N2OSn. The van der Waals surface area contributed by atoms with Crippen LogP contribution in [0.15, 0.2) is 48.5 Å². The summed E-state index contributed by atoms with van der Waals surface area (Å²) in [5.41, 5.74) is 2.48. The molecule has 0 bridgehead atoms. The van der Waals surface area contributed by atoms with Crippen molar-refractivity contribution in [1.82, 2.24) is 9.78 Å². The van der Waals surface area contributed by atoms with Crippen molar-refractivity contribution < 1.29 is 4.74 Å². The summed E-state index contributed by atoms with van der Waals surface area (Å²) in [5, 5.41) is 6.31. The van der Waals surface area contributed by atoms with Gasteiger partial charge in [-0.1, -0.05) is 0 Å². The van der Waals surface area contributed by atoms with Crippen molar-refractivity contribution in [2.24, 2.45) is 0 Å². The number of rotatable bonds is 4. The third kappa shape index (κ3) is 3.00. The zero-order valence-electron chi connectivity index (χ0n) is 13.6. The Labute approximate surface area is 135 Å². The van der Waals surface area contributed by atoms with E-state index < -0.39 is 18.4 Å². The molecule has 0 aliphatic carbocycles. The van der Waals surface area contributed by atoms with Crippen LogP contribution < -0.4 is 8.45 Å². The maximum atomic E-state index is 5.22. The van der Waals surface area contributed by atoms with Gasteiger partial charge in [0.15, 0.2) is 0 Å². The van der Waals surface area contributed by atoms with E-state index in [0.717, 1.165) is 12.3 Å². The van der Waals surface area contributed by atoms with E-state index in [9.17, 15) is 0 Å². The summed E-state index contributed by atoms with van der Waals surface area (Å²) in [7, 11) is 1.69. The standard InChI is InChI=1S/C15H13N2O.3CH3.Sn/c1-18-14-8-6-12(7-9-14)11-17-15-5-3-2-4-13(15)10-16-17;;;;/h2-9H,11H2,1H3;3*1H3;. The van der Waals surface area contributed by atoms with Gasteiger partial charge in [0.05, 0.1) is 0 Å². The van der Waals surface area contributed by atoms with Crippen LogP contribution in [0, 0.1) is 0 Å². The van der Waals surface area contributed by atoms with Gasteiger partial charge < -0.3 is 0 Å². The molecule has 0 N–H and O–H groups in total. The molecule has 0 radical (unpaired) electrons. The number of hydrogen-bond donors (Lipinski definition) is 0. The van der Waals surface area contributed by atoms with Crippen LogP contribution in [0.5, 0.6) is 5.75 Å². The van der Waals surface area contributed by atoms with Gasteiger partial charge in [-0.15, -0.1) is 0 Å². The molecule has 3 aromatic rings. The number of aromatic nitrogens is 2. The van der Waals surface area contributed by atoms with Crippen molar-refractivity contribution in [3.8, 4) is 5.75 Å². The van der Waals surface area contributed by atoms with Crippen molar-refractivity contribution in [3.63, 3.8) is 0 Å². The Morgan fingerprint density at radius 2 is 1.68 bits per heavy atom. The van der Waals surface area contributed by atoms with Gasteiger partial charge in [0.2, 0.25) is 0 Å². The SMILES string of the molecule is COc1ccc(Cn2n[c]([Sn]([CH3])([CH3])[CH3])c3ccccc32)cc1. The van der Waals surface area contributed by atoms with E-state index in [1.165, 1.54) is 20.2 Å². The van der Waals surface area contributed by atoms with E-state index in [0.29, 0.717) is 0 Å². The summed E-state index contributed by atoms with van der Waals surface area (Å²) in [5.74, 6) is 0.889. The normalized spacial score (nSPS) is 11.8. The van der Waals surface area contributed by atoms with E-state index in [2.05, 4.69) is 55.9 Å². The first-order valence-electron chi connectivity index (χ1n) is 7.58. The van der Waals surface area contributed by atoms with Gasteiger partial charge >= 0.3 is 136 Å². The molecule has 0 aliphatic rings. The molecule has 1 heterocycles. The molecule has 2 aromatic carbocycles. The van der Waals surface area contributed by atoms with Gasteiger partial charge in [-0.2, -0.15) is 0 Å². The fourth-order valence-electron chi connectivity index (χ4n) is 2.71. The van der Waals surface area contributed by atoms with Crippen LogP contribution in [-0.4, -0.2) is 35.3 Å². The van der Waals surface area contributed by atoms with Crippen LogP contribution in [0.4, 0.5) is 0 Å². The van der Waals surface area contributed by atoms with Crippen LogP contribution in [0.2, 0.25) is 14.8 Å². The summed E-state index contributed by atoms with van der Waals surface area (Å²) in [4.78, 5) is 7.25. The first kappa shape index (κ1) is 15.4. The first-order chi connectivity index (χ1) is 10.5. The maximum absolute atomic E-state index is 5.22. The molecule has 0 unspecified atom stereocenters. The molecule has 0 amide bonds. The van der Waals surface area contributed by atoms with Crippen molar-refractivity contribution in [2.75, 3.05) is 7.11 Å². The van der Waals surface area contributed by atoms with Gasteiger partial charge in [-0.25, -0.2) is 0 Å². The fourth-order valence-corrected chi connectivity index (χ4v) is 6.82. The Morgan fingerprint density at radius 3 is 2.32 bits per heavy atom. The molecule has 1 aromatic heterocycles. The Bertz CT molecular complexity index is 785. The first-order valence-corrected chi connectivity index (χ1v) is 17.6. The summed E-state index contributed by atoms with van der Waals surface area (Å²) in [6.45, 7) is 0.798. The zero-order valence-corrected chi connectivity index (χ0v) is 16.5. The van der Waals surface area contributed by atoms with Gasteiger partial charge in [0.1, 0.15) is 0 Å². The quantitative estimate of drug-likeness (QED) is 0.625. The summed E-state index contributed by atoms with van der Waals surface area (Å²) in [6.07, 6.45) is 0. The molecule has 0 atom stereocenters. The molecule has 0 fully saturated rings. The van der Waals surface area contributed by atoms with Crippen LogP contribution >= 0.6 is 0 Å². The van der Waals surface area contributed by atoms with Crippen LogP contribution in [-0.2, 0) is 6.54 Å². The molecule has 0 saturated carbocycles. The van der Waals surface area contributed by atoms with Crippen molar-refractivity contribution >= 4 is 33.0 Å². The van der Waals surface area contributed by atoms with Crippen LogP contribution in [0.3, 0.4) is 0 Å². The van der Waals surface area contributed by atoms with E-state index in [4.69, 9.17) is 9.84 Å². The van der Waals surface area contributed by atoms with Crippen LogP contribution in [0.1, 0.15) is 5.56 Å². The average molecular weight is 401 g/mol. The van der Waals surface area contributed by atoms with Gasteiger partial charge in [0, 0.05) is 0 Å². The predicted octanol–water partition coefficient (Wildman–Crippen LogP) is 3.64. The molecule has 3 nitrogen and oxygen atoms in total. The Kier molecular flexibility index (Phi) is 4.17. The minimum atomic E-state index is -2.23. The van der Waals surface area contributed by atoms with E-state index in [1.807, 2.05) is 12.1 Å². The number of benzene rings is 2.